The highest BCUT2D eigenvalue weighted by Crippen LogP contribution is 2.57. The van der Waals surface area contributed by atoms with Crippen LogP contribution >= 0.6 is 0 Å². The number of ether oxygens (including phenoxy) is 9. The first-order chi connectivity index (χ1) is 21.7. The lowest BCUT2D eigenvalue weighted by Gasteiger charge is -2.47. The van der Waals surface area contributed by atoms with Gasteiger partial charge in [-0.05, 0) is 47.9 Å². The van der Waals surface area contributed by atoms with Crippen molar-refractivity contribution in [2.45, 2.75) is 55.9 Å². The molecule has 42 heavy (non-hydrogen) atoms. The van der Waals surface area contributed by atoms with Crippen LogP contribution in [0.4, 0.5) is 0 Å². The Bertz CT molecular complexity index is 1530. The van der Waals surface area contributed by atoms with Crippen LogP contribution in [-0.4, -0.2) is 92.4 Å². The zero-order valence-corrected chi connectivity index (χ0v) is 22.7. The molecule has 2 aromatic rings. The highest BCUT2D eigenvalue weighted by atomic mass is 16.8. The summed E-state index contributed by atoms with van der Waals surface area (Å²) in [5, 5.41) is 32.7. The minimum Gasteiger partial charge on any atom is -0.502 e. The molecule has 3 N–H and O–H groups in total. The fourth-order valence-corrected chi connectivity index (χ4v) is 6.42. The summed E-state index contributed by atoms with van der Waals surface area (Å²) in [6, 6.07) is 6.13. The molecule has 0 saturated carbocycles. The normalized spacial score (nSPS) is 40.3. The number of carbonyl (C=O) groups excluding carboxylic acids is 1. The minimum absolute atomic E-state index is 0.0465. The number of esters is 1. The van der Waals surface area contributed by atoms with Gasteiger partial charge in [0, 0.05) is 11.8 Å². The maximum atomic E-state index is 13.5. The number of fused-ring (bicyclic) bond motifs is 4. The smallest absolute Gasteiger partial charge is 0.310 e. The van der Waals surface area contributed by atoms with Crippen molar-refractivity contribution >= 4 is 5.97 Å². The fourth-order valence-electron chi connectivity index (χ4n) is 6.42. The largest absolute Gasteiger partial charge is 0.502 e. The van der Waals surface area contributed by atoms with E-state index < -0.39 is 80.1 Å². The van der Waals surface area contributed by atoms with E-state index in [1.165, 1.54) is 33.3 Å². The number of hydrogen-bond donors (Lipinski definition) is 3. The molecule has 0 amide bonds. The first kappa shape index (κ1) is 23.2. The van der Waals surface area contributed by atoms with Crippen molar-refractivity contribution < 1.29 is 68.2 Å². The van der Waals surface area contributed by atoms with Gasteiger partial charge < -0.3 is 58.0 Å². The first-order valence-corrected chi connectivity index (χ1v) is 13.4. The monoisotopic (exact) mass is 592 g/mol. The van der Waals surface area contributed by atoms with Crippen molar-refractivity contribution in [1.82, 2.24) is 0 Å². The molecule has 0 radical (unpaired) electrons. The summed E-state index contributed by atoms with van der Waals surface area (Å²) >= 11 is 0. The lowest BCUT2D eigenvalue weighted by molar-refractivity contribution is -0.364. The Balaban J connectivity index is 1.34. The summed E-state index contributed by atoms with van der Waals surface area (Å²) in [5.74, 6) is -2.98. The van der Waals surface area contributed by atoms with Crippen molar-refractivity contribution in [3.05, 3.63) is 41.0 Å². The van der Waals surface area contributed by atoms with Crippen molar-refractivity contribution in [2.75, 3.05) is 34.1 Å². The molecule has 3 saturated heterocycles. The molecule has 5 aliphatic rings. The molecule has 2 aromatic carbocycles. The van der Waals surface area contributed by atoms with Gasteiger partial charge >= 0.3 is 5.97 Å². The summed E-state index contributed by atoms with van der Waals surface area (Å²) in [6.07, 6.45) is -9.80. The van der Waals surface area contributed by atoms with E-state index in [2.05, 4.69) is 0 Å². The van der Waals surface area contributed by atoms with E-state index in [4.69, 9.17) is 48.1 Å². The third-order valence-electron chi connectivity index (χ3n) is 8.38. The average Bonchev–Trinajstić information content (AvgIpc) is 3.52. The lowest BCUT2D eigenvalue weighted by atomic mass is 9.66. The number of phenolic OH excluding ortho intramolecular Hbond substituents is 1. The van der Waals surface area contributed by atoms with E-state index in [0.29, 0.717) is 16.7 Å². The molecule has 1 aliphatic carbocycles. The molecule has 0 unspecified atom stereocenters. The quantitative estimate of drug-likeness (QED) is 0.427. The predicted octanol–water partition coefficient (Wildman–Crippen LogP) is 1.34. The third kappa shape index (κ3) is 4.26. The molecule has 226 valence electrons. The van der Waals surface area contributed by atoms with Crippen LogP contribution in [0.3, 0.4) is 0 Å². The molecule has 4 aliphatic heterocycles. The van der Waals surface area contributed by atoms with E-state index in [-0.39, 0.29) is 35.4 Å². The van der Waals surface area contributed by atoms with Gasteiger partial charge in [-0.2, -0.15) is 0 Å². The summed E-state index contributed by atoms with van der Waals surface area (Å²) in [7, 11) is 2.73. The number of aliphatic hydroxyl groups is 2. The van der Waals surface area contributed by atoms with Gasteiger partial charge in [-0.3, -0.25) is 4.79 Å². The topological polar surface area (TPSA) is 161 Å². The van der Waals surface area contributed by atoms with E-state index >= 15 is 0 Å². The van der Waals surface area contributed by atoms with Gasteiger partial charge in [-0.15, -0.1) is 0 Å². The molecule has 0 bridgehead atoms. The van der Waals surface area contributed by atoms with Crippen molar-refractivity contribution in [3.8, 4) is 28.7 Å². The van der Waals surface area contributed by atoms with Crippen LogP contribution in [0.15, 0.2) is 24.3 Å². The molecule has 7 rings (SSSR count). The van der Waals surface area contributed by atoms with Gasteiger partial charge in [0.25, 0.3) is 0 Å². The molecule has 4 heterocycles. The van der Waals surface area contributed by atoms with Gasteiger partial charge in [0.15, 0.2) is 35.6 Å². The SMILES string of the molecule is [2H]C1([2H])Oc2cc3c(cc2O1)[C@@H](O[C@@H]1O[C@H]2[C@@H](O[C@H](C)OC2([2H])[2H])[C@H](O)[C@H]1O)[C@H]1COC(=O)[C@@H]1[C@@H]3c1cc(OC)c(O)c(OC)c1. The first-order valence-electron chi connectivity index (χ1n) is 15.4. The number of carbonyl (C=O) groups is 1. The van der Waals surface area contributed by atoms with Gasteiger partial charge in [0.05, 0.1) is 42.1 Å². The van der Waals surface area contributed by atoms with Gasteiger partial charge in [0.1, 0.15) is 27.2 Å². The number of cyclic esters (lactones) is 1. The van der Waals surface area contributed by atoms with Gasteiger partial charge in [-0.25, -0.2) is 0 Å². The predicted molar refractivity (Wildman–Crippen MR) is 138 cm³/mol. The lowest BCUT2D eigenvalue weighted by Crippen LogP contribution is -2.63. The van der Waals surface area contributed by atoms with Crippen molar-refractivity contribution in [1.29, 1.82) is 0 Å². The summed E-state index contributed by atoms with van der Waals surface area (Å²) < 4.78 is 82.8. The highest BCUT2D eigenvalue weighted by Gasteiger charge is 2.56. The van der Waals surface area contributed by atoms with Gasteiger partial charge in [-0.1, -0.05) is 0 Å². The zero-order valence-electron chi connectivity index (χ0n) is 26.7. The number of methoxy groups -OCH3 is 2. The van der Waals surface area contributed by atoms with Crippen molar-refractivity contribution in [3.63, 3.8) is 0 Å². The average molecular weight is 593 g/mol. The maximum absolute atomic E-state index is 13.5. The molecule has 13 heteroatoms. The Labute approximate surface area is 246 Å². The Morgan fingerprint density at radius 3 is 2.33 bits per heavy atom. The second kappa shape index (κ2) is 10.4. The van der Waals surface area contributed by atoms with Gasteiger partial charge in [0.2, 0.25) is 12.5 Å². The second-order valence-corrected chi connectivity index (χ2v) is 10.7. The number of benzene rings is 2. The summed E-state index contributed by atoms with van der Waals surface area (Å²) in [6.45, 7) is -3.56. The molecular formula is C29H32O13. The summed E-state index contributed by atoms with van der Waals surface area (Å²) in [4.78, 5) is 13.5. The standard InChI is InChI=1S/C29H32O13/c1-11-36-9-20-27(40-11)24(31)25(32)29(41-20)42-26-14-7-17-16(38-10-39-17)6-13(14)21(22-15(26)8-37-28(22)33)12-4-18(34-2)23(30)19(5-12)35-3/h4-7,11,15,20-22,24-27,29-32H,8-10H2,1-3H3/t11-,15+,20-,21-,22+,24-,25-,26-,27-,29+/m1/s1/i9D2,10D2. The fraction of sp³-hybridized carbons (Fsp3) is 0.552. The Kier molecular flexibility index (Phi) is 5.76. The van der Waals surface area contributed by atoms with Crippen LogP contribution in [0.5, 0.6) is 28.7 Å². The second-order valence-electron chi connectivity index (χ2n) is 10.7. The number of phenols is 1. The van der Waals surface area contributed by atoms with Crippen LogP contribution in [0.2, 0.25) is 0 Å². The molecule has 0 aromatic heterocycles. The number of aromatic hydroxyl groups is 1. The van der Waals surface area contributed by atoms with E-state index in [9.17, 15) is 20.1 Å². The van der Waals surface area contributed by atoms with Crippen LogP contribution < -0.4 is 18.9 Å². The van der Waals surface area contributed by atoms with Crippen molar-refractivity contribution in [2.24, 2.45) is 11.8 Å². The molecule has 13 nitrogen and oxygen atoms in total. The maximum Gasteiger partial charge on any atom is 0.310 e. The Hall–Kier alpha value is -3.33. The zero-order chi connectivity index (χ0) is 32.9. The van der Waals surface area contributed by atoms with Crippen LogP contribution in [0.25, 0.3) is 0 Å². The number of hydrogen-bond acceptors (Lipinski definition) is 13. The number of rotatable bonds is 5. The van der Waals surface area contributed by atoms with E-state index in [0.717, 1.165) is 0 Å². The molecular weight excluding hydrogens is 556 g/mol. The summed E-state index contributed by atoms with van der Waals surface area (Å²) in [5.41, 5.74) is 1.33. The third-order valence-corrected chi connectivity index (χ3v) is 8.38. The molecule has 10 atom stereocenters. The number of aliphatic hydroxyl groups excluding tert-OH is 2. The van der Waals surface area contributed by atoms with Crippen LogP contribution in [-0.2, 0) is 28.5 Å². The minimum atomic E-state index is -2.48. The van der Waals surface area contributed by atoms with E-state index in [1.807, 2.05) is 0 Å². The Morgan fingerprint density at radius 1 is 0.952 bits per heavy atom. The molecule has 3 fully saturated rings. The molecule has 0 spiro atoms. The van der Waals surface area contributed by atoms with Crippen LogP contribution in [0.1, 0.15) is 41.1 Å². The van der Waals surface area contributed by atoms with E-state index in [1.54, 1.807) is 12.1 Å². The van der Waals surface area contributed by atoms with Crippen LogP contribution in [0, 0.1) is 11.8 Å². The highest BCUT2D eigenvalue weighted by molar-refractivity contribution is 5.79. The Morgan fingerprint density at radius 2 is 1.64 bits per heavy atom.